The van der Waals surface area contributed by atoms with Crippen molar-refractivity contribution in [3.05, 3.63) is 49.6 Å². The standard InChI is InChI=1S/C11H16BN/c1-4-7-8-11(12)13(9-5-2)10-6-3/h4-6,8H,1-3,7,9-10H2. The molecule has 0 fully saturated rings. The molecule has 68 valence electrons. The lowest BCUT2D eigenvalue weighted by Crippen LogP contribution is -2.23. The first kappa shape index (κ1) is 11.8. The van der Waals surface area contributed by atoms with E-state index >= 15 is 0 Å². The van der Waals surface area contributed by atoms with Crippen LogP contribution in [0.1, 0.15) is 6.42 Å². The average molecular weight is 173 g/mol. The van der Waals surface area contributed by atoms with Gasteiger partial charge in [0.1, 0.15) is 7.85 Å². The highest BCUT2D eigenvalue weighted by atomic mass is 15.1. The number of hydrogen-bond acceptors (Lipinski definition) is 1. The Labute approximate surface area is 82.5 Å². The van der Waals surface area contributed by atoms with E-state index in [4.69, 9.17) is 7.85 Å². The van der Waals surface area contributed by atoms with Crippen LogP contribution in [-0.2, 0) is 0 Å². The highest BCUT2D eigenvalue weighted by Gasteiger charge is 1.98. The number of rotatable bonds is 7. The first-order chi connectivity index (χ1) is 6.26. The zero-order chi connectivity index (χ0) is 10.1. The van der Waals surface area contributed by atoms with Crippen molar-refractivity contribution < 1.29 is 0 Å². The molecule has 0 aromatic rings. The largest absolute Gasteiger partial charge is 0.377 e. The third-order valence-corrected chi connectivity index (χ3v) is 1.56. The zero-order valence-electron chi connectivity index (χ0n) is 8.08. The summed E-state index contributed by atoms with van der Waals surface area (Å²) in [5, 5.41) is 0. The van der Waals surface area contributed by atoms with Crippen LogP contribution in [0.25, 0.3) is 0 Å². The minimum atomic E-state index is 0.742. The number of nitrogens with zero attached hydrogens (tertiary/aromatic N) is 1. The molecule has 0 aromatic heterocycles. The third-order valence-electron chi connectivity index (χ3n) is 1.56. The maximum Gasteiger partial charge on any atom is 0.137 e. The molecule has 0 bridgehead atoms. The summed E-state index contributed by atoms with van der Waals surface area (Å²) in [6.45, 7) is 12.4. The SMILES string of the molecule is [B]C(=CCC=C)N(CC=C)CC=C. The molecule has 0 saturated carbocycles. The molecule has 0 aliphatic carbocycles. The normalized spacial score (nSPS) is 10.6. The molecule has 0 spiro atoms. The Morgan fingerprint density at radius 2 is 1.62 bits per heavy atom. The molecular weight excluding hydrogens is 157 g/mol. The number of allylic oxidation sites excluding steroid dienone is 2. The molecule has 0 atom stereocenters. The smallest absolute Gasteiger partial charge is 0.137 e. The fourth-order valence-electron chi connectivity index (χ4n) is 0.930. The first-order valence-electron chi connectivity index (χ1n) is 4.29. The van der Waals surface area contributed by atoms with Crippen LogP contribution in [0.5, 0.6) is 0 Å². The maximum absolute atomic E-state index is 5.82. The van der Waals surface area contributed by atoms with Crippen molar-refractivity contribution in [3.63, 3.8) is 0 Å². The van der Waals surface area contributed by atoms with Gasteiger partial charge in [0.15, 0.2) is 0 Å². The summed E-state index contributed by atoms with van der Waals surface area (Å²) >= 11 is 0. The van der Waals surface area contributed by atoms with E-state index in [1.54, 1.807) is 0 Å². The third kappa shape index (κ3) is 5.13. The molecule has 0 amide bonds. The maximum atomic E-state index is 5.82. The van der Waals surface area contributed by atoms with Crippen molar-refractivity contribution in [1.82, 2.24) is 4.90 Å². The molecule has 0 aliphatic rings. The van der Waals surface area contributed by atoms with Crippen LogP contribution in [0.2, 0.25) is 0 Å². The Morgan fingerprint density at radius 3 is 2.00 bits per heavy atom. The van der Waals surface area contributed by atoms with E-state index in [9.17, 15) is 0 Å². The van der Waals surface area contributed by atoms with Crippen molar-refractivity contribution in [1.29, 1.82) is 0 Å². The fraction of sp³-hybridized carbons (Fsp3) is 0.273. The van der Waals surface area contributed by atoms with Gasteiger partial charge in [-0.15, -0.1) is 19.7 Å². The molecule has 0 rings (SSSR count). The Hall–Kier alpha value is -1.18. The van der Waals surface area contributed by atoms with Gasteiger partial charge in [-0.3, -0.25) is 0 Å². The average Bonchev–Trinajstić information content (AvgIpc) is 2.14. The van der Waals surface area contributed by atoms with Gasteiger partial charge in [0.25, 0.3) is 0 Å². The molecule has 2 heteroatoms. The molecule has 0 aliphatic heterocycles. The van der Waals surface area contributed by atoms with Gasteiger partial charge in [-0.1, -0.05) is 24.3 Å². The van der Waals surface area contributed by atoms with Gasteiger partial charge in [-0.25, -0.2) is 0 Å². The van der Waals surface area contributed by atoms with Gasteiger partial charge in [0.05, 0.1) is 0 Å². The molecule has 0 N–H and O–H groups in total. The second kappa shape index (κ2) is 7.47. The fourth-order valence-corrected chi connectivity index (χ4v) is 0.930. The first-order valence-corrected chi connectivity index (χ1v) is 4.29. The van der Waals surface area contributed by atoms with Crippen LogP contribution < -0.4 is 0 Å². The minimum absolute atomic E-state index is 0.742. The van der Waals surface area contributed by atoms with Gasteiger partial charge >= 0.3 is 0 Å². The summed E-state index contributed by atoms with van der Waals surface area (Å²) in [5.41, 5.74) is 0.750. The van der Waals surface area contributed by atoms with E-state index in [1.165, 1.54) is 0 Å². The van der Waals surface area contributed by atoms with E-state index in [0.29, 0.717) is 0 Å². The van der Waals surface area contributed by atoms with Crippen molar-refractivity contribution in [2.24, 2.45) is 0 Å². The summed E-state index contributed by atoms with van der Waals surface area (Å²) in [6.07, 6.45) is 8.17. The predicted molar refractivity (Wildman–Crippen MR) is 60.6 cm³/mol. The van der Waals surface area contributed by atoms with Crippen LogP contribution in [0.4, 0.5) is 0 Å². The zero-order valence-corrected chi connectivity index (χ0v) is 8.08. The lowest BCUT2D eigenvalue weighted by molar-refractivity contribution is 0.447. The van der Waals surface area contributed by atoms with E-state index in [0.717, 1.165) is 25.1 Å². The highest BCUT2D eigenvalue weighted by Crippen LogP contribution is 2.01. The Kier molecular flexibility index (Phi) is 6.80. The molecular formula is C11H16BN. The minimum Gasteiger partial charge on any atom is -0.377 e. The van der Waals surface area contributed by atoms with E-state index in [2.05, 4.69) is 19.7 Å². The molecule has 0 saturated heterocycles. The summed E-state index contributed by atoms with van der Waals surface area (Å²) in [7, 11) is 5.82. The second-order valence-corrected chi connectivity index (χ2v) is 2.64. The van der Waals surface area contributed by atoms with Gasteiger partial charge in [0, 0.05) is 13.1 Å². The highest BCUT2D eigenvalue weighted by molar-refractivity contribution is 6.21. The van der Waals surface area contributed by atoms with Crippen LogP contribution >= 0.6 is 0 Å². The Morgan fingerprint density at radius 1 is 1.08 bits per heavy atom. The Balaban J connectivity index is 4.23. The van der Waals surface area contributed by atoms with Crippen molar-refractivity contribution in [2.45, 2.75) is 6.42 Å². The Bertz CT molecular complexity index is 196. The molecule has 0 unspecified atom stereocenters. The summed E-state index contributed by atoms with van der Waals surface area (Å²) < 4.78 is 0. The van der Waals surface area contributed by atoms with E-state index in [-0.39, 0.29) is 0 Å². The van der Waals surface area contributed by atoms with Gasteiger partial charge in [-0.2, -0.15) is 0 Å². The lowest BCUT2D eigenvalue weighted by Gasteiger charge is -2.22. The van der Waals surface area contributed by atoms with Crippen molar-refractivity contribution >= 4 is 7.85 Å². The summed E-state index contributed by atoms with van der Waals surface area (Å²) in [4.78, 5) is 1.99. The van der Waals surface area contributed by atoms with Crippen LogP contribution in [-0.4, -0.2) is 25.8 Å². The summed E-state index contributed by atoms with van der Waals surface area (Å²) in [6, 6.07) is 0. The van der Waals surface area contributed by atoms with Crippen LogP contribution in [0, 0.1) is 0 Å². The summed E-state index contributed by atoms with van der Waals surface area (Å²) in [5.74, 6) is 0. The van der Waals surface area contributed by atoms with Crippen molar-refractivity contribution in [2.75, 3.05) is 13.1 Å². The molecule has 1 nitrogen and oxygen atoms in total. The van der Waals surface area contributed by atoms with Gasteiger partial charge in [0.2, 0.25) is 0 Å². The van der Waals surface area contributed by atoms with E-state index in [1.807, 2.05) is 29.2 Å². The van der Waals surface area contributed by atoms with Gasteiger partial charge in [-0.05, 0) is 12.0 Å². The van der Waals surface area contributed by atoms with Crippen molar-refractivity contribution in [3.8, 4) is 0 Å². The topological polar surface area (TPSA) is 3.24 Å². The molecule has 0 aromatic carbocycles. The molecule has 13 heavy (non-hydrogen) atoms. The lowest BCUT2D eigenvalue weighted by atomic mass is 10.0. The number of hydrogen-bond donors (Lipinski definition) is 0. The van der Waals surface area contributed by atoms with E-state index < -0.39 is 0 Å². The predicted octanol–water partition coefficient (Wildman–Crippen LogP) is 2.25. The molecule has 0 heterocycles. The second-order valence-electron chi connectivity index (χ2n) is 2.64. The molecule has 2 radical (unpaired) electrons. The van der Waals surface area contributed by atoms with Gasteiger partial charge < -0.3 is 4.90 Å². The monoisotopic (exact) mass is 173 g/mol. The quantitative estimate of drug-likeness (QED) is 0.421. The van der Waals surface area contributed by atoms with Crippen LogP contribution in [0.15, 0.2) is 49.6 Å². The van der Waals surface area contributed by atoms with Crippen LogP contribution in [0.3, 0.4) is 0 Å².